The molecule has 1 aliphatic rings. The van der Waals surface area contributed by atoms with Gasteiger partial charge in [-0.25, -0.2) is 4.98 Å². The molecule has 0 aliphatic carbocycles. The Morgan fingerprint density at radius 3 is 2.54 bits per heavy atom. The standard InChI is InChI=1S/C19H28N6O/c1-14-11-15(2)25(22-14)16(3)12-19(26)21-17-5-6-18(20-13-17)24-9-7-23(4)8-10-24/h5-6,11,13,16H,7-10,12H2,1-4H3,(H,21,26). The summed E-state index contributed by atoms with van der Waals surface area (Å²) in [5.41, 5.74) is 2.77. The maximum atomic E-state index is 12.3. The van der Waals surface area contributed by atoms with E-state index in [0.717, 1.165) is 49.1 Å². The van der Waals surface area contributed by atoms with Crippen LogP contribution in [0.3, 0.4) is 0 Å². The highest BCUT2D eigenvalue weighted by Gasteiger charge is 2.16. The van der Waals surface area contributed by atoms with Crippen LogP contribution in [0.25, 0.3) is 0 Å². The van der Waals surface area contributed by atoms with Crippen molar-refractivity contribution in [3.05, 3.63) is 35.8 Å². The lowest BCUT2D eigenvalue weighted by Gasteiger charge is -2.33. The Labute approximate surface area is 155 Å². The number of likely N-dealkylation sites (N-methyl/N-ethyl adjacent to an activating group) is 1. The van der Waals surface area contributed by atoms with Gasteiger partial charge < -0.3 is 15.1 Å². The van der Waals surface area contributed by atoms with Crippen molar-refractivity contribution >= 4 is 17.4 Å². The molecule has 1 unspecified atom stereocenters. The second-order valence-corrected chi connectivity index (χ2v) is 7.17. The number of carbonyl (C=O) groups is 1. The molecular formula is C19H28N6O. The van der Waals surface area contributed by atoms with Crippen molar-refractivity contribution in [2.45, 2.75) is 33.2 Å². The molecule has 0 aromatic carbocycles. The number of aromatic nitrogens is 3. The lowest BCUT2D eigenvalue weighted by atomic mass is 10.2. The number of anilines is 2. The molecule has 1 saturated heterocycles. The fourth-order valence-electron chi connectivity index (χ4n) is 3.34. The number of nitrogens with zero attached hydrogens (tertiary/aromatic N) is 5. The van der Waals surface area contributed by atoms with Crippen LogP contribution >= 0.6 is 0 Å². The van der Waals surface area contributed by atoms with Gasteiger partial charge in [0.15, 0.2) is 0 Å². The van der Waals surface area contributed by atoms with Crippen molar-refractivity contribution < 1.29 is 4.79 Å². The molecule has 1 aliphatic heterocycles. The molecule has 1 N–H and O–H groups in total. The van der Waals surface area contributed by atoms with Gasteiger partial charge in [-0.05, 0) is 46.0 Å². The summed E-state index contributed by atoms with van der Waals surface area (Å²) in [4.78, 5) is 21.4. The van der Waals surface area contributed by atoms with Gasteiger partial charge >= 0.3 is 0 Å². The number of pyridine rings is 1. The monoisotopic (exact) mass is 356 g/mol. The highest BCUT2D eigenvalue weighted by Crippen LogP contribution is 2.18. The summed E-state index contributed by atoms with van der Waals surface area (Å²) in [5.74, 6) is 0.936. The second-order valence-electron chi connectivity index (χ2n) is 7.17. The average molecular weight is 356 g/mol. The summed E-state index contributed by atoms with van der Waals surface area (Å²) >= 11 is 0. The first-order valence-electron chi connectivity index (χ1n) is 9.14. The van der Waals surface area contributed by atoms with E-state index in [1.54, 1.807) is 6.20 Å². The van der Waals surface area contributed by atoms with E-state index in [2.05, 4.69) is 32.2 Å². The number of carbonyl (C=O) groups excluding carboxylic acids is 1. The molecule has 0 bridgehead atoms. The zero-order valence-electron chi connectivity index (χ0n) is 16.1. The normalized spacial score (nSPS) is 16.5. The lowest BCUT2D eigenvalue weighted by molar-refractivity contribution is -0.116. The number of amides is 1. The van der Waals surface area contributed by atoms with Gasteiger partial charge in [-0.3, -0.25) is 9.48 Å². The van der Waals surface area contributed by atoms with Crippen LogP contribution in [0.15, 0.2) is 24.4 Å². The third kappa shape index (κ3) is 4.40. The van der Waals surface area contributed by atoms with Gasteiger partial charge in [0.1, 0.15) is 5.82 Å². The van der Waals surface area contributed by atoms with Crippen LogP contribution in [-0.2, 0) is 4.79 Å². The highest BCUT2D eigenvalue weighted by atomic mass is 16.1. The van der Waals surface area contributed by atoms with E-state index in [1.807, 2.05) is 43.7 Å². The summed E-state index contributed by atoms with van der Waals surface area (Å²) < 4.78 is 1.91. The molecule has 1 fully saturated rings. The van der Waals surface area contributed by atoms with Gasteiger partial charge in [0.05, 0.1) is 23.6 Å². The van der Waals surface area contributed by atoms with E-state index >= 15 is 0 Å². The third-order valence-corrected chi connectivity index (χ3v) is 4.80. The predicted octanol–water partition coefficient (Wildman–Crippen LogP) is 2.24. The van der Waals surface area contributed by atoms with Crippen LogP contribution in [0.1, 0.15) is 30.8 Å². The molecule has 2 aromatic heterocycles. The molecule has 7 nitrogen and oxygen atoms in total. The van der Waals surface area contributed by atoms with Crippen molar-refractivity contribution in [2.24, 2.45) is 0 Å². The average Bonchev–Trinajstić information content (AvgIpc) is 2.95. The fourth-order valence-corrected chi connectivity index (χ4v) is 3.34. The van der Waals surface area contributed by atoms with Crippen molar-refractivity contribution in [3.8, 4) is 0 Å². The minimum atomic E-state index is -0.0285. The Morgan fingerprint density at radius 2 is 1.96 bits per heavy atom. The minimum absolute atomic E-state index is 0.0151. The smallest absolute Gasteiger partial charge is 0.226 e. The van der Waals surface area contributed by atoms with E-state index in [9.17, 15) is 4.79 Å². The Kier molecular flexibility index (Phi) is 5.56. The molecule has 1 atom stereocenters. The van der Waals surface area contributed by atoms with Crippen LogP contribution < -0.4 is 10.2 Å². The number of rotatable bonds is 5. The molecular weight excluding hydrogens is 328 g/mol. The molecule has 1 amide bonds. The fraction of sp³-hybridized carbons (Fsp3) is 0.526. The Morgan fingerprint density at radius 1 is 1.23 bits per heavy atom. The first-order chi connectivity index (χ1) is 12.4. The molecule has 140 valence electrons. The summed E-state index contributed by atoms with van der Waals surface area (Å²) in [6, 6.07) is 5.94. The molecule has 26 heavy (non-hydrogen) atoms. The minimum Gasteiger partial charge on any atom is -0.354 e. The third-order valence-electron chi connectivity index (χ3n) is 4.80. The SMILES string of the molecule is Cc1cc(C)n(C(C)CC(=O)Nc2ccc(N3CCN(C)CC3)nc2)n1. The zero-order chi connectivity index (χ0) is 18.7. The lowest BCUT2D eigenvalue weighted by Crippen LogP contribution is -2.44. The van der Waals surface area contributed by atoms with Crippen LogP contribution in [-0.4, -0.2) is 58.8 Å². The zero-order valence-corrected chi connectivity index (χ0v) is 16.1. The number of nitrogens with one attached hydrogen (secondary N) is 1. The van der Waals surface area contributed by atoms with E-state index in [0.29, 0.717) is 6.42 Å². The van der Waals surface area contributed by atoms with Gasteiger partial charge in [-0.2, -0.15) is 5.10 Å². The molecule has 2 aromatic rings. The van der Waals surface area contributed by atoms with Crippen molar-refractivity contribution in [3.63, 3.8) is 0 Å². The predicted molar refractivity (Wildman–Crippen MR) is 104 cm³/mol. The van der Waals surface area contributed by atoms with Gasteiger partial charge in [0, 0.05) is 38.3 Å². The molecule has 0 radical (unpaired) electrons. The number of hydrogen-bond acceptors (Lipinski definition) is 5. The van der Waals surface area contributed by atoms with Crippen LogP contribution in [0.2, 0.25) is 0 Å². The van der Waals surface area contributed by atoms with Crippen LogP contribution in [0, 0.1) is 13.8 Å². The van der Waals surface area contributed by atoms with Crippen molar-refractivity contribution in [2.75, 3.05) is 43.4 Å². The van der Waals surface area contributed by atoms with Crippen molar-refractivity contribution in [1.29, 1.82) is 0 Å². The highest BCUT2D eigenvalue weighted by molar-refractivity contribution is 5.90. The van der Waals surface area contributed by atoms with E-state index < -0.39 is 0 Å². The van der Waals surface area contributed by atoms with Gasteiger partial charge in [-0.1, -0.05) is 0 Å². The quantitative estimate of drug-likeness (QED) is 0.890. The topological polar surface area (TPSA) is 66.3 Å². The largest absolute Gasteiger partial charge is 0.354 e. The molecule has 3 rings (SSSR count). The molecule has 0 spiro atoms. The van der Waals surface area contributed by atoms with E-state index in [1.165, 1.54) is 0 Å². The van der Waals surface area contributed by atoms with E-state index in [-0.39, 0.29) is 11.9 Å². The summed E-state index contributed by atoms with van der Waals surface area (Å²) in [6.07, 6.45) is 2.11. The molecule has 3 heterocycles. The van der Waals surface area contributed by atoms with Crippen molar-refractivity contribution in [1.82, 2.24) is 19.7 Å². The number of piperazine rings is 1. The van der Waals surface area contributed by atoms with E-state index in [4.69, 9.17) is 0 Å². The summed E-state index contributed by atoms with van der Waals surface area (Å²) in [5, 5.41) is 7.39. The maximum Gasteiger partial charge on any atom is 0.226 e. The number of aryl methyl sites for hydroxylation is 2. The maximum absolute atomic E-state index is 12.3. The van der Waals surface area contributed by atoms with Gasteiger partial charge in [0.2, 0.25) is 5.91 Å². The Hall–Kier alpha value is -2.41. The molecule has 0 saturated carbocycles. The van der Waals surface area contributed by atoms with Crippen LogP contribution in [0.4, 0.5) is 11.5 Å². The summed E-state index contributed by atoms with van der Waals surface area (Å²) in [7, 11) is 2.14. The first kappa shape index (κ1) is 18.4. The van der Waals surface area contributed by atoms with Gasteiger partial charge in [0.25, 0.3) is 0 Å². The van der Waals surface area contributed by atoms with Crippen LogP contribution in [0.5, 0.6) is 0 Å². The number of hydrogen-bond donors (Lipinski definition) is 1. The first-order valence-corrected chi connectivity index (χ1v) is 9.14. The second kappa shape index (κ2) is 7.86. The van der Waals surface area contributed by atoms with Gasteiger partial charge in [-0.15, -0.1) is 0 Å². The summed E-state index contributed by atoms with van der Waals surface area (Å²) in [6.45, 7) is 10.0. The Balaban J connectivity index is 1.55. The Bertz CT molecular complexity index is 746. The molecule has 7 heteroatoms.